The number of rotatable bonds is 2. The van der Waals surface area contributed by atoms with Crippen molar-refractivity contribution >= 4 is 12.6 Å². The minimum absolute atomic E-state index is 0.344. The largest absolute Gasteiger partial charge is 0.360 e. The molecule has 0 amide bonds. The van der Waals surface area contributed by atoms with Gasteiger partial charge in [0.15, 0.2) is 0 Å². The lowest BCUT2D eigenvalue weighted by Gasteiger charge is -2.22. The van der Waals surface area contributed by atoms with E-state index in [4.69, 9.17) is 4.74 Å². The van der Waals surface area contributed by atoms with Gasteiger partial charge in [-0.05, 0) is 19.3 Å². The number of ether oxygens (including phenoxy) is 1. The molecule has 0 radical (unpaired) electrons. The van der Waals surface area contributed by atoms with Gasteiger partial charge in [0.05, 0.1) is 0 Å². The summed E-state index contributed by atoms with van der Waals surface area (Å²) >= 11 is 0. The molecule has 0 N–H and O–H groups in total. The highest BCUT2D eigenvalue weighted by molar-refractivity contribution is 5.60. The number of hydrogen-bond donors (Lipinski definition) is 0. The van der Waals surface area contributed by atoms with E-state index >= 15 is 0 Å². The first kappa shape index (κ1) is 7.41. The molecule has 2 unspecified atom stereocenters. The van der Waals surface area contributed by atoms with Crippen LogP contribution in [0.3, 0.4) is 0 Å². The van der Waals surface area contributed by atoms with Crippen LogP contribution in [0.1, 0.15) is 19.3 Å². The van der Waals surface area contributed by atoms with Crippen LogP contribution in [0.25, 0.3) is 0 Å². The monoisotopic (exact) mass is 142 g/mol. The molecule has 1 saturated heterocycles. The second kappa shape index (κ2) is 3.46. The van der Waals surface area contributed by atoms with Gasteiger partial charge in [0.25, 0.3) is 0 Å². The molecule has 3 heteroatoms. The molecule has 0 aromatic heterocycles. The molecule has 0 aromatic rings. The van der Waals surface area contributed by atoms with Gasteiger partial charge < -0.3 is 14.3 Å². The summed E-state index contributed by atoms with van der Waals surface area (Å²) in [6, 6.07) is 0. The summed E-state index contributed by atoms with van der Waals surface area (Å²) in [5, 5.41) is 0. The smallest absolute Gasteiger partial charge is 0.148 e. The molecule has 1 fully saturated rings. The first-order chi connectivity index (χ1) is 4.86. The minimum atomic E-state index is -0.344. The van der Waals surface area contributed by atoms with Gasteiger partial charge in [0.2, 0.25) is 0 Å². The lowest BCUT2D eigenvalue weighted by molar-refractivity contribution is -0.134. The van der Waals surface area contributed by atoms with Crippen molar-refractivity contribution in [2.24, 2.45) is 0 Å². The zero-order chi connectivity index (χ0) is 7.40. The molecule has 1 rings (SSSR count). The van der Waals surface area contributed by atoms with Crippen LogP contribution in [-0.2, 0) is 14.3 Å². The Labute approximate surface area is 59.4 Å². The molecule has 0 saturated carbocycles. The normalized spacial score (nSPS) is 33.2. The van der Waals surface area contributed by atoms with Crippen molar-refractivity contribution < 1.29 is 14.3 Å². The number of hydrogen-bond acceptors (Lipinski definition) is 3. The van der Waals surface area contributed by atoms with E-state index in [-0.39, 0.29) is 12.2 Å². The lowest BCUT2D eigenvalue weighted by atomic mass is 10.1. The third kappa shape index (κ3) is 1.64. The fourth-order valence-electron chi connectivity index (χ4n) is 1.08. The summed E-state index contributed by atoms with van der Waals surface area (Å²) in [6.45, 7) is 0. The third-order valence-corrected chi connectivity index (χ3v) is 1.63. The van der Waals surface area contributed by atoms with E-state index in [1.54, 1.807) is 0 Å². The number of carbonyl (C=O) groups is 2. The minimum Gasteiger partial charge on any atom is -0.360 e. The Balaban J connectivity index is 2.38. The molecule has 56 valence electrons. The molecule has 0 aliphatic carbocycles. The maximum atomic E-state index is 10.2. The van der Waals surface area contributed by atoms with E-state index in [2.05, 4.69) is 0 Å². The summed E-state index contributed by atoms with van der Waals surface area (Å²) in [4.78, 5) is 20.4. The molecule has 1 aliphatic heterocycles. The highest BCUT2D eigenvalue weighted by atomic mass is 16.5. The third-order valence-electron chi connectivity index (χ3n) is 1.63. The highest BCUT2D eigenvalue weighted by Crippen LogP contribution is 2.15. The van der Waals surface area contributed by atoms with Crippen LogP contribution in [0.4, 0.5) is 0 Å². The van der Waals surface area contributed by atoms with Crippen LogP contribution in [-0.4, -0.2) is 24.8 Å². The first-order valence-corrected chi connectivity index (χ1v) is 3.43. The quantitative estimate of drug-likeness (QED) is 0.521. The van der Waals surface area contributed by atoms with Crippen LogP contribution in [0.15, 0.2) is 0 Å². The molecule has 10 heavy (non-hydrogen) atoms. The Kier molecular flexibility index (Phi) is 2.57. The van der Waals surface area contributed by atoms with Crippen molar-refractivity contribution in [2.75, 3.05) is 0 Å². The number of aldehydes is 2. The van der Waals surface area contributed by atoms with Gasteiger partial charge in [-0.2, -0.15) is 0 Å². The van der Waals surface area contributed by atoms with Crippen LogP contribution >= 0.6 is 0 Å². The molecule has 1 aliphatic rings. The van der Waals surface area contributed by atoms with Crippen molar-refractivity contribution in [1.82, 2.24) is 0 Å². The van der Waals surface area contributed by atoms with E-state index in [0.717, 1.165) is 31.8 Å². The van der Waals surface area contributed by atoms with Gasteiger partial charge >= 0.3 is 0 Å². The summed E-state index contributed by atoms with van der Waals surface area (Å²) in [6.07, 6.45) is 3.26. The standard InChI is InChI=1S/C7H10O3/c8-4-6-2-1-3-7(5-9)10-6/h4-7H,1-3H2. The molecule has 2 atom stereocenters. The maximum absolute atomic E-state index is 10.2. The van der Waals surface area contributed by atoms with Crippen molar-refractivity contribution in [3.8, 4) is 0 Å². The van der Waals surface area contributed by atoms with Gasteiger partial charge in [-0.3, -0.25) is 0 Å². The van der Waals surface area contributed by atoms with Crippen molar-refractivity contribution in [3.63, 3.8) is 0 Å². The molecule has 0 spiro atoms. The van der Waals surface area contributed by atoms with Crippen LogP contribution < -0.4 is 0 Å². The van der Waals surface area contributed by atoms with Crippen LogP contribution in [0.2, 0.25) is 0 Å². The maximum Gasteiger partial charge on any atom is 0.148 e. The average molecular weight is 142 g/mol. The second-order valence-electron chi connectivity index (χ2n) is 2.42. The fourth-order valence-corrected chi connectivity index (χ4v) is 1.08. The van der Waals surface area contributed by atoms with Crippen molar-refractivity contribution in [3.05, 3.63) is 0 Å². The van der Waals surface area contributed by atoms with Crippen molar-refractivity contribution in [2.45, 2.75) is 31.5 Å². The summed E-state index contributed by atoms with van der Waals surface area (Å²) in [7, 11) is 0. The Morgan fingerprint density at radius 2 is 1.60 bits per heavy atom. The average Bonchev–Trinajstić information content (AvgIpc) is 2.05. The predicted octanol–water partition coefficient (Wildman–Crippen LogP) is 0.322. The van der Waals surface area contributed by atoms with Crippen molar-refractivity contribution in [1.29, 1.82) is 0 Å². The molecule has 1 heterocycles. The summed E-state index contributed by atoms with van der Waals surface area (Å²) in [5.41, 5.74) is 0. The Morgan fingerprint density at radius 3 is 2.00 bits per heavy atom. The Morgan fingerprint density at radius 1 is 1.10 bits per heavy atom. The second-order valence-corrected chi connectivity index (χ2v) is 2.42. The van der Waals surface area contributed by atoms with E-state index in [1.807, 2.05) is 0 Å². The Bertz CT molecular complexity index is 119. The van der Waals surface area contributed by atoms with Gasteiger partial charge in [0, 0.05) is 0 Å². The van der Waals surface area contributed by atoms with E-state index in [0.29, 0.717) is 0 Å². The molecule has 3 nitrogen and oxygen atoms in total. The van der Waals surface area contributed by atoms with Gasteiger partial charge in [-0.25, -0.2) is 0 Å². The SMILES string of the molecule is O=CC1CCCC(C=O)O1. The molecule has 0 aromatic carbocycles. The topological polar surface area (TPSA) is 43.4 Å². The van der Waals surface area contributed by atoms with Gasteiger partial charge in [-0.1, -0.05) is 0 Å². The zero-order valence-corrected chi connectivity index (χ0v) is 5.66. The fraction of sp³-hybridized carbons (Fsp3) is 0.714. The van der Waals surface area contributed by atoms with Gasteiger partial charge in [0.1, 0.15) is 24.8 Å². The Hall–Kier alpha value is -0.700. The van der Waals surface area contributed by atoms with Gasteiger partial charge in [-0.15, -0.1) is 0 Å². The van der Waals surface area contributed by atoms with E-state index < -0.39 is 0 Å². The van der Waals surface area contributed by atoms with Crippen LogP contribution in [0, 0.1) is 0 Å². The van der Waals surface area contributed by atoms with E-state index in [1.165, 1.54) is 0 Å². The number of carbonyl (C=O) groups excluding carboxylic acids is 2. The van der Waals surface area contributed by atoms with E-state index in [9.17, 15) is 9.59 Å². The summed E-state index contributed by atoms with van der Waals surface area (Å²) in [5.74, 6) is 0. The molecular weight excluding hydrogens is 132 g/mol. The molecular formula is C7H10O3. The summed E-state index contributed by atoms with van der Waals surface area (Å²) < 4.78 is 5.05. The zero-order valence-electron chi connectivity index (χ0n) is 5.66. The lowest BCUT2D eigenvalue weighted by Crippen LogP contribution is -2.29. The first-order valence-electron chi connectivity index (χ1n) is 3.43. The molecule has 0 bridgehead atoms. The predicted molar refractivity (Wildman–Crippen MR) is 34.6 cm³/mol. The van der Waals surface area contributed by atoms with Crippen LogP contribution in [0.5, 0.6) is 0 Å². The highest BCUT2D eigenvalue weighted by Gasteiger charge is 2.20.